The summed E-state index contributed by atoms with van der Waals surface area (Å²) >= 11 is 0. The van der Waals surface area contributed by atoms with Crippen LogP contribution < -0.4 is 0 Å². The maximum absolute atomic E-state index is 13.2. The predicted octanol–water partition coefficient (Wildman–Crippen LogP) is 3.76. The van der Waals surface area contributed by atoms with E-state index in [9.17, 15) is 9.50 Å². The van der Waals surface area contributed by atoms with Gasteiger partial charge in [0.15, 0.2) is 0 Å². The van der Waals surface area contributed by atoms with Crippen LogP contribution in [0.15, 0.2) is 54.9 Å². The summed E-state index contributed by atoms with van der Waals surface area (Å²) in [7, 11) is 0. The molecule has 0 bridgehead atoms. The van der Waals surface area contributed by atoms with E-state index in [1.54, 1.807) is 25.4 Å². The van der Waals surface area contributed by atoms with E-state index >= 15 is 0 Å². The minimum Gasteiger partial charge on any atom is -0.384 e. The van der Waals surface area contributed by atoms with Gasteiger partial charge in [-0.3, -0.25) is 4.98 Å². The SMILES string of the molecule is Cc1cc(F)ccc1C(O)c1cccc2ccncc12. The van der Waals surface area contributed by atoms with Crippen molar-refractivity contribution in [2.24, 2.45) is 0 Å². The molecule has 0 aliphatic heterocycles. The van der Waals surface area contributed by atoms with Crippen molar-refractivity contribution in [2.45, 2.75) is 13.0 Å². The summed E-state index contributed by atoms with van der Waals surface area (Å²) in [6.07, 6.45) is 2.68. The van der Waals surface area contributed by atoms with Crippen LogP contribution in [0.1, 0.15) is 22.8 Å². The van der Waals surface area contributed by atoms with Gasteiger partial charge in [0.2, 0.25) is 0 Å². The lowest BCUT2D eigenvalue weighted by Gasteiger charge is -2.16. The fourth-order valence-corrected chi connectivity index (χ4v) is 2.49. The van der Waals surface area contributed by atoms with Crippen molar-refractivity contribution in [3.05, 3.63) is 77.4 Å². The van der Waals surface area contributed by atoms with Crippen molar-refractivity contribution >= 4 is 10.8 Å². The van der Waals surface area contributed by atoms with Crippen molar-refractivity contribution < 1.29 is 9.50 Å². The molecule has 2 aromatic carbocycles. The van der Waals surface area contributed by atoms with E-state index in [1.165, 1.54) is 12.1 Å². The van der Waals surface area contributed by atoms with Gasteiger partial charge in [-0.1, -0.05) is 24.3 Å². The van der Waals surface area contributed by atoms with Crippen LogP contribution in [0.5, 0.6) is 0 Å². The van der Waals surface area contributed by atoms with Crippen LogP contribution in [0.4, 0.5) is 4.39 Å². The molecule has 1 aromatic heterocycles. The van der Waals surface area contributed by atoms with E-state index in [2.05, 4.69) is 4.98 Å². The predicted molar refractivity (Wildman–Crippen MR) is 76.9 cm³/mol. The van der Waals surface area contributed by atoms with Gasteiger partial charge in [-0.2, -0.15) is 0 Å². The Morgan fingerprint density at radius 2 is 1.95 bits per heavy atom. The first kappa shape index (κ1) is 12.8. The zero-order chi connectivity index (χ0) is 14.1. The van der Waals surface area contributed by atoms with Crippen molar-refractivity contribution in [3.8, 4) is 0 Å². The maximum atomic E-state index is 13.2. The van der Waals surface area contributed by atoms with Gasteiger partial charge in [0.1, 0.15) is 11.9 Å². The molecule has 0 radical (unpaired) electrons. The number of hydrogen-bond acceptors (Lipinski definition) is 2. The third-order valence-electron chi connectivity index (χ3n) is 3.54. The third kappa shape index (κ3) is 2.17. The minimum atomic E-state index is -0.788. The highest BCUT2D eigenvalue weighted by molar-refractivity contribution is 5.85. The molecule has 20 heavy (non-hydrogen) atoms. The number of halogens is 1. The highest BCUT2D eigenvalue weighted by Gasteiger charge is 2.15. The van der Waals surface area contributed by atoms with Crippen molar-refractivity contribution in [1.82, 2.24) is 4.98 Å². The molecule has 0 fully saturated rings. The Bertz CT molecular complexity index is 765. The lowest BCUT2D eigenvalue weighted by molar-refractivity contribution is 0.221. The van der Waals surface area contributed by atoms with Gasteiger partial charge in [0.05, 0.1) is 0 Å². The fraction of sp³-hybridized carbons (Fsp3) is 0.118. The second kappa shape index (κ2) is 5.02. The fourth-order valence-electron chi connectivity index (χ4n) is 2.49. The summed E-state index contributed by atoms with van der Waals surface area (Å²) in [5.74, 6) is -0.293. The lowest BCUT2D eigenvalue weighted by atomic mass is 9.94. The zero-order valence-corrected chi connectivity index (χ0v) is 11.0. The topological polar surface area (TPSA) is 33.1 Å². The van der Waals surface area contributed by atoms with Crippen LogP contribution >= 0.6 is 0 Å². The molecule has 0 amide bonds. The number of pyridine rings is 1. The molecule has 3 rings (SSSR count). The van der Waals surface area contributed by atoms with Crippen LogP contribution in [0.3, 0.4) is 0 Å². The zero-order valence-electron chi connectivity index (χ0n) is 11.0. The number of aliphatic hydroxyl groups excluding tert-OH is 1. The Balaban J connectivity index is 2.15. The van der Waals surface area contributed by atoms with Gasteiger partial charge in [-0.05, 0) is 47.2 Å². The first-order chi connectivity index (χ1) is 9.66. The molecular weight excluding hydrogens is 253 g/mol. The average Bonchev–Trinajstić information content (AvgIpc) is 2.46. The molecule has 0 aliphatic rings. The third-order valence-corrected chi connectivity index (χ3v) is 3.54. The molecule has 1 atom stereocenters. The molecule has 0 spiro atoms. The van der Waals surface area contributed by atoms with Gasteiger partial charge in [0.25, 0.3) is 0 Å². The molecule has 0 aliphatic carbocycles. The van der Waals surface area contributed by atoms with E-state index in [0.717, 1.165) is 21.9 Å². The number of hydrogen-bond donors (Lipinski definition) is 1. The molecular formula is C17H14FNO. The number of fused-ring (bicyclic) bond motifs is 1. The van der Waals surface area contributed by atoms with E-state index in [-0.39, 0.29) is 5.82 Å². The molecule has 0 saturated carbocycles. The van der Waals surface area contributed by atoms with Gasteiger partial charge >= 0.3 is 0 Å². The Hall–Kier alpha value is -2.26. The van der Waals surface area contributed by atoms with Gasteiger partial charge in [-0.25, -0.2) is 4.39 Å². The summed E-state index contributed by atoms with van der Waals surface area (Å²) < 4.78 is 13.2. The minimum absolute atomic E-state index is 0.293. The number of rotatable bonds is 2. The first-order valence-electron chi connectivity index (χ1n) is 6.43. The number of aliphatic hydroxyl groups is 1. The molecule has 1 N–H and O–H groups in total. The van der Waals surface area contributed by atoms with Crippen LogP contribution in [-0.4, -0.2) is 10.1 Å². The summed E-state index contributed by atoms with van der Waals surface area (Å²) in [5, 5.41) is 12.5. The van der Waals surface area contributed by atoms with Crippen LogP contribution in [0, 0.1) is 12.7 Å². The van der Waals surface area contributed by atoms with Crippen LogP contribution in [0.25, 0.3) is 10.8 Å². The number of aryl methyl sites for hydroxylation is 1. The Labute approximate surface area is 116 Å². The van der Waals surface area contributed by atoms with E-state index in [0.29, 0.717) is 5.56 Å². The molecule has 1 unspecified atom stereocenters. The van der Waals surface area contributed by atoms with Crippen LogP contribution in [0.2, 0.25) is 0 Å². The quantitative estimate of drug-likeness (QED) is 0.766. The highest BCUT2D eigenvalue weighted by Crippen LogP contribution is 2.30. The first-order valence-corrected chi connectivity index (χ1v) is 6.43. The molecule has 100 valence electrons. The van der Waals surface area contributed by atoms with E-state index in [1.807, 2.05) is 24.3 Å². The highest BCUT2D eigenvalue weighted by atomic mass is 19.1. The Kier molecular flexibility index (Phi) is 3.20. The van der Waals surface area contributed by atoms with Gasteiger partial charge in [-0.15, -0.1) is 0 Å². The van der Waals surface area contributed by atoms with Gasteiger partial charge in [0, 0.05) is 17.8 Å². The summed E-state index contributed by atoms with van der Waals surface area (Å²) in [5.41, 5.74) is 2.23. The second-order valence-electron chi connectivity index (χ2n) is 4.85. The number of nitrogens with zero attached hydrogens (tertiary/aromatic N) is 1. The maximum Gasteiger partial charge on any atom is 0.123 e. The second-order valence-corrected chi connectivity index (χ2v) is 4.85. The Morgan fingerprint density at radius 1 is 1.10 bits per heavy atom. The lowest BCUT2D eigenvalue weighted by Crippen LogP contribution is -2.03. The molecule has 1 heterocycles. The summed E-state index contributed by atoms with van der Waals surface area (Å²) in [6.45, 7) is 1.80. The smallest absolute Gasteiger partial charge is 0.123 e. The van der Waals surface area contributed by atoms with E-state index in [4.69, 9.17) is 0 Å². The molecule has 3 aromatic rings. The largest absolute Gasteiger partial charge is 0.384 e. The Morgan fingerprint density at radius 3 is 2.75 bits per heavy atom. The monoisotopic (exact) mass is 267 g/mol. The van der Waals surface area contributed by atoms with Crippen molar-refractivity contribution in [3.63, 3.8) is 0 Å². The van der Waals surface area contributed by atoms with Crippen LogP contribution in [-0.2, 0) is 0 Å². The summed E-state index contributed by atoms with van der Waals surface area (Å²) in [6, 6.07) is 12.1. The molecule has 0 saturated heterocycles. The standard InChI is InChI=1S/C17H14FNO/c1-11-9-13(18)5-6-14(11)17(20)15-4-2-3-12-7-8-19-10-16(12)15/h2-10,17,20H,1H3. The van der Waals surface area contributed by atoms with Crippen molar-refractivity contribution in [2.75, 3.05) is 0 Å². The molecule has 3 heteroatoms. The number of benzene rings is 2. The van der Waals surface area contributed by atoms with Gasteiger partial charge < -0.3 is 5.11 Å². The number of aromatic nitrogens is 1. The molecule has 2 nitrogen and oxygen atoms in total. The van der Waals surface area contributed by atoms with Crippen molar-refractivity contribution in [1.29, 1.82) is 0 Å². The summed E-state index contributed by atoms with van der Waals surface area (Å²) in [4.78, 5) is 4.12. The van der Waals surface area contributed by atoms with E-state index < -0.39 is 6.10 Å². The average molecular weight is 267 g/mol. The normalized spacial score (nSPS) is 12.6.